The summed E-state index contributed by atoms with van der Waals surface area (Å²) in [6, 6.07) is -1.59. The van der Waals surface area contributed by atoms with Crippen LogP contribution in [0.2, 0.25) is 0 Å². The van der Waals surface area contributed by atoms with E-state index in [1.165, 1.54) is 103 Å². The highest BCUT2D eigenvalue weighted by Crippen LogP contribution is 2.44. The van der Waals surface area contributed by atoms with Crippen LogP contribution in [0.3, 0.4) is 0 Å². The maximum absolute atomic E-state index is 13.4. The molecule has 20 heteroatoms. The molecule has 0 spiro atoms. The van der Waals surface area contributed by atoms with Gasteiger partial charge in [-0.25, -0.2) is 0 Å². The molecule has 1 unspecified atom stereocenters. The van der Waals surface area contributed by atoms with Gasteiger partial charge < -0.3 is 74.0 Å². The van der Waals surface area contributed by atoms with E-state index in [1.807, 2.05) is 0 Å². The van der Waals surface area contributed by atoms with Crippen molar-refractivity contribution in [2.24, 2.45) is 0 Å². The van der Waals surface area contributed by atoms with E-state index in [-0.39, 0.29) is 12.8 Å². The average molecular weight is 1070 g/mol. The monoisotopic (exact) mass is 1070 g/mol. The molecule has 19 nitrogen and oxygen atoms in total. The normalized spacial score (nSPS) is 26.6. The molecule has 73 heavy (non-hydrogen) atoms. The van der Waals surface area contributed by atoms with Gasteiger partial charge in [0, 0.05) is 19.8 Å². The van der Waals surface area contributed by atoms with Crippen LogP contribution in [0.5, 0.6) is 0 Å². The zero-order valence-corrected chi connectivity index (χ0v) is 45.4. The van der Waals surface area contributed by atoms with Crippen molar-refractivity contribution in [2.45, 2.75) is 287 Å². The highest BCUT2D eigenvalue weighted by Gasteiger charge is 2.55. The number of unbranched alkanes of at least 4 members (excludes halogenated alkanes) is 25. The topological polar surface area (TPSA) is 300 Å². The number of allylic oxidation sites excluding steroid dienone is 2. The number of hydrogen-bond donors (Lipinski definition) is 8. The number of ether oxygens (including phenoxy) is 4. The smallest absolute Gasteiger partial charge is 0.306 e. The van der Waals surface area contributed by atoms with E-state index < -0.39 is 119 Å². The number of phosphoric acid groups is 1. The van der Waals surface area contributed by atoms with Crippen LogP contribution in [0.4, 0.5) is 0 Å². The molecule has 1 saturated heterocycles. The van der Waals surface area contributed by atoms with Gasteiger partial charge in [-0.15, -0.1) is 0 Å². The summed E-state index contributed by atoms with van der Waals surface area (Å²) in [7, 11) is -5.65. The van der Waals surface area contributed by atoms with E-state index in [0.29, 0.717) is 12.8 Å². The van der Waals surface area contributed by atoms with Crippen LogP contribution in [-0.2, 0) is 46.9 Å². The van der Waals surface area contributed by atoms with Crippen LogP contribution < -0.4 is 10.2 Å². The number of phosphoric ester groups is 1. The molecule has 0 aromatic heterocycles. The van der Waals surface area contributed by atoms with E-state index in [1.54, 1.807) is 0 Å². The van der Waals surface area contributed by atoms with E-state index >= 15 is 0 Å². The fourth-order valence-electron chi connectivity index (χ4n) is 9.16. The average Bonchev–Trinajstić information content (AvgIpc) is 3.36. The molecule has 428 valence electrons. The van der Waals surface area contributed by atoms with Crippen LogP contribution in [0.1, 0.15) is 213 Å². The van der Waals surface area contributed by atoms with E-state index in [9.17, 15) is 59.6 Å². The number of hydrogen-bond acceptors (Lipinski definition) is 18. The van der Waals surface area contributed by atoms with Gasteiger partial charge in [0.1, 0.15) is 67.6 Å². The third kappa shape index (κ3) is 28.7. The maximum atomic E-state index is 13.4. The summed E-state index contributed by atoms with van der Waals surface area (Å²) in [5.41, 5.74) is 0. The van der Waals surface area contributed by atoms with Crippen LogP contribution >= 0.6 is 7.82 Å². The minimum Gasteiger partial charge on any atom is -0.756 e. The molecule has 0 bridgehead atoms. The molecule has 1 aliphatic heterocycles. The minimum atomic E-state index is -5.65. The third-order valence-corrected chi connectivity index (χ3v) is 14.6. The maximum Gasteiger partial charge on any atom is 0.306 e. The van der Waals surface area contributed by atoms with Crippen molar-refractivity contribution in [3.05, 3.63) is 12.2 Å². The lowest BCUT2D eigenvalue weighted by Crippen LogP contribution is -2.69. The molecule has 13 atom stereocenters. The number of esters is 2. The Morgan fingerprint density at radius 3 is 1.49 bits per heavy atom. The summed E-state index contributed by atoms with van der Waals surface area (Å²) in [5.74, 6) is -2.00. The molecule has 0 radical (unpaired) electrons. The van der Waals surface area contributed by atoms with Crippen LogP contribution in [0.25, 0.3) is 0 Å². The quantitative estimate of drug-likeness (QED) is 0.0142. The Kier molecular flexibility index (Phi) is 36.9. The second-order valence-corrected chi connectivity index (χ2v) is 21.5. The van der Waals surface area contributed by atoms with Gasteiger partial charge >= 0.3 is 11.9 Å². The summed E-state index contributed by atoms with van der Waals surface area (Å²) < 4.78 is 45.9. The second-order valence-electron chi connectivity index (χ2n) is 20.1. The Morgan fingerprint density at radius 2 is 1.03 bits per heavy atom. The van der Waals surface area contributed by atoms with E-state index in [4.69, 9.17) is 28.0 Å². The molecule has 0 aromatic rings. The number of amides is 1. The fourth-order valence-corrected chi connectivity index (χ4v) is 10.1. The molecule has 8 N–H and O–H groups in total. The van der Waals surface area contributed by atoms with Crippen molar-refractivity contribution in [1.29, 1.82) is 0 Å². The molecule has 2 aliphatic rings. The summed E-state index contributed by atoms with van der Waals surface area (Å²) in [6.07, 6.45) is 14.4. The first kappa shape index (κ1) is 67.0. The van der Waals surface area contributed by atoms with Gasteiger partial charge in [-0.1, -0.05) is 167 Å². The Balaban J connectivity index is 1.99. The molecule has 1 amide bonds. The van der Waals surface area contributed by atoms with Gasteiger partial charge in [0.2, 0.25) is 5.91 Å². The van der Waals surface area contributed by atoms with Crippen LogP contribution in [0.15, 0.2) is 12.2 Å². The highest BCUT2D eigenvalue weighted by atomic mass is 31.2. The SMILES string of the molecule is CCCCCCCC/C=C\CCCCCCCC(=O)O[C@@H](COC(=O)CCCCCCCCCCCCCCCCC)COP(=O)([O-])O[C@@H]1[C@H](O)[C@H](O)[C@@H](O)[C@H](O)[C@H]1O[C@H]1O[C@H](CO)[C@@H](O)[C@H](O)[C@H]1NC(C)=O. The minimum absolute atomic E-state index is 0.00420. The number of carbonyl (C=O) groups is 3. The number of aliphatic hydroxyl groups is 7. The van der Waals surface area contributed by atoms with Crippen LogP contribution in [-0.4, -0.2) is 147 Å². The Bertz CT molecular complexity index is 1530. The number of nitrogens with one attached hydrogen (secondary N) is 1. The van der Waals surface area contributed by atoms with Crippen LogP contribution in [0, 0.1) is 0 Å². The van der Waals surface area contributed by atoms with E-state index in [2.05, 4.69) is 31.3 Å². The van der Waals surface area contributed by atoms with Crippen molar-refractivity contribution in [3.63, 3.8) is 0 Å². The molecule has 2 rings (SSSR count). The lowest BCUT2D eigenvalue weighted by atomic mass is 9.84. The van der Waals surface area contributed by atoms with Crippen molar-refractivity contribution in [3.8, 4) is 0 Å². The predicted octanol–water partition coefficient (Wildman–Crippen LogP) is 6.40. The van der Waals surface area contributed by atoms with E-state index in [0.717, 1.165) is 71.1 Å². The van der Waals surface area contributed by atoms with Gasteiger partial charge in [-0.3, -0.25) is 18.9 Å². The lowest BCUT2D eigenvalue weighted by molar-refractivity contribution is -0.323. The molecule has 2 fully saturated rings. The molecular formula is C53H97NO18P-. The Labute approximate surface area is 436 Å². The molecule has 1 saturated carbocycles. The first-order chi connectivity index (χ1) is 35.1. The van der Waals surface area contributed by atoms with Gasteiger partial charge in [0.05, 0.1) is 13.2 Å². The Morgan fingerprint density at radius 1 is 0.589 bits per heavy atom. The largest absolute Gasteiger partial charge is 0.756 e. The highest BCUT2D eigenvalue weighted by molar-refractivity contribution is 7.45. The molecule has 0 aromatic carbocycles. The molecule has 1 aliphatic carbocycles. The number of rotatable bonds is 43. The number of aliphatic hydroxyl groups excluding tert-OH is 7. The first-order valence-electron chi connectivity index (χ1n) is 28.0. The summed E-state index contributed by atoms with van der Waals surface area (Å²) in [4.78, 5) is 51.3. The van der Waals surface area contributed by atoms with Crippen molar-refractivity contribution in [1.82, 2.24) is 5.32 Å². The van der Waals surface area contributed by atoms with Gasteiger partial charge in [-0.2, -0.15) is 0 Å². The summed E-state index contributed by atoms with van der Waals surface area (Å²) in [5, 5.41) is 76.2. The zero-order valence-electron chi connectivity index (χ0n) is 44.5. The third-order valence-electron chi connectivity index (χ3n) is 13.6. The second kappa shape index (κ2) is 40.2. The number of carbonyl (C=O) groups excluding carboxylic acids is 3. The van der Waals surface area contributed by atoms with Crippen molar-refractivity contribution < 1.29 is 87.6 Å². The first-order valence-corrected chi connectivity index (χ1v) is 29.4. The fraction of sp³-hybridized carbons (Fsp3) is 0.906. The predicted molar refractivity (Wildman–Crippen MR) is 273 cm³/mol. The van der Waals surface area contributed by atoms with Gasteiger partial charge in [0.25, 0.3) is 7.82 Å². The molecular weight excluding hydrogens is 970 g/mol. The summed E-state index contributed by atoms with van der Waals surface area (Å²) in [6.45, 7) is 3.19. The molecule has 1 heterocycles. The lowest BCUT2D eigenvalue weighted by Gasteiger charge is -2.48. The Hall–Kier alpha value is -2.10. The van der Waals surface area contributed by atoms with Crippen molar-refractivity contribution >= 4 is 25.7 Å². The zero-order chi connectivity index (χ0) is 53.9. The van der Waals surface area contributed by atoms with Gasteiger partial charge in [-0.05, 0) is 38.5 Å². The van der Waals surface area contributed by atoms with Crippen molar-refractivity contribution in [2.75, 3.05) is 19.8 Å². The summed E-state index contributed by atoms with van der Waals surface area (Å²) >= 11 is 0. The van der Waals surface area contributed by atoms with Gasteiger partial charge in [0.15, 0.2) is 12.4 Å². The standard InChI is InChI=1S/C53H98NO18P/c1-4-6-8-10-12-14-16-18-20-22-24-26-28-30-32-34-42(57)67-37-40(69-43(58)35-33-31-29-27-25-23-21-19-17-15-13-11-9-7-5-2)38-68-73(65,66)72-52-50(64)48(62)47(61)49(63)51(52)71-53-44(54-39(3)56)46(60)45(59)41(36-55)70-53/h19,21,40-41,44-53,55,59-64H,4-18,20,22-38H2,1-3H3,(H,54,56)(H,65,66)/p-1/b21-19-/t40-,41+,44+,45+,46+,47+,48+,49-,50+,51+,52+,53+/m0/s1.